The van der Waals surface area contributed by atoms with E-state index in [1.54, 1.807) is 6.21 Å². The van der Waals surface area contributed by atoms with Gasteiger partial charge in [0.25, 0.3) is 0 Å². The van der Waals surface area contributed by atoms with Crippen molar-refractivity contribution in [2.24, 2.45) is 4.99 Å². The number of hydrogen-bond acceptors (Lipinski definition) is 4. The fourth-order valence-electron chi connectivity index (χ4n) is 2.45. The molecule has 0 spiro atoms. The van der Waals surface area contributed by atoms with Crippen molar-refractivity contribution in [2.75, 3.05) is 0 Å². The molecule has 0 atom stereocenters. The minimum atomic E-state index is 0.477. The van der Waals surface area contributed by atoms with Gasteiger partial charge in [-0.1, -0.05) is 48.0 Å². The number of rotatable bonds is 4. The van der Waals surface area contributed by atoms with Gasteiger partial charge in [0, 0.05) is 27.9 Å². The molecule has 5 heteroatoms. The quantitative estimate of drug-likeness (QED) is 0.432. The molecule has 0 saturated carbocycles. The summed E-state index contributed by atoms with van der Waals surface area (Å²) in [5.41, 5.74) is 3.43. The van der Waals surface area contributed by atoms with E-state index in [-0.39, 0.29) is 0 Å². The maximum atomic E-state index is 6.13. The van der Waals surface area contributed by atoms with Gasteiger partial charge in [0.05, 0.1) is 5.69 Å². The van der Waals surface area contributed by atoms with Gasteiger partial charge in [0.2, 0.25) is 11.8 Å². The minimum Gasteiger partial charge on any atom is -0.416 e. The molecule has 0 radical (unpaired) electrons. The van der Waals surface area contributed by atoms with E-state index in [0.29, 0.717) is 16.8 Å². The van der Waals surface area contributed by atoms with Crippen molar-refractivity contribution in [3.63, 3.8) is 0 Å². The largest absolute Gasteiger partial charge is 0.416 e. The van der Waals surface area contributed by atoms with Crippen LogP contribution in [0.15, 0.2) is 88.3 Å². The van der Waals surface area contributed by atoms with Gasteiger partial charge >= 0.3 is 0 Å². The molecule has 0 amide bonds. The Labute approximate surface area is 155 Å². The van der Waals surface area contributed by atoms with E-state index in [0.717, 1.165) is 22.4 Å². The maximum Gasteiger partial charge on any atom is 0.248 e. The van der Waals surface area contributed by atoms with E-state index in [1.807, 2.05) is 78.9 Å². The van der Waals surface area contributed by atoms with Crippen LogP contribution < -0.4 is 0 Å². The van der Waals surface area contributed by atoms with Gasteiger partial charge in [-0.15, -0.1) is 10.2 Å². The molecule has 0 aliphatic rings. The highest BCUT2D eigenvalue weighted by Gasteiger charge is 2.09. The van der Waals surface area contributed by atoms with Crippen LogP contribution >= 0.6 is 11.6 Å². The lowest BCUT2D eigenvalue weighted by atomic mass is 10.2. The van der Waals surface area contributed by atoms with Gasteiger partial charge in [-0.05, 0) is 42.5 Å². The predicted molar refractivity (Wildman–Crippen MR) is 104 cm³/mol. The fourth-order valence-corrected chi connectivity index (χ4v) is 2.64. The third-order valence-corrected chi connectivity index (χ3v) is 4.16. The molecule has 0 unspecified atom stereocenters. The summed E-state index contributed by atoms with van der Waals surface area (Å²) < 4.78 is 5.76. The zero-order valence-electron chi connectivity index (χ0n) is 13.7. The summed E-state index contributed by atoms with van der Waals surface area (Å²) >= 11 is 6.13. The van der Waals surface area contributed by atoms with E-state index >= 15 is 0 Å². The Morgan fingerprint density at radius 3 is 2.04 bits per heavy atom. The zero-order chi connectivity index (χ0) is 17.8. The highest BCUT2D eigenvalue weighted by Crippen LogP contribution is 2.25. The molecule has 4 rings (SSSR count). The second kappa shape index (κ2) is 7.33. The Balaban J connectivity index is 1.53. The lowest BCUT2D eigenvalue weighted by molar-refractivity contribution is 0.584. The summed E-state index contributed by atoms with van der Waals surface area (Å²) in [5, 5.41) is 8.91. The summed E-state index contributed by atoms with van der Waals surface area (Å²) in [6.07, 6.45) is 1.75. The highest BCUT2D eigenvalue weighted by molar-refractivity contribution is 6.33. The van der Waals surface area contributed by atoms with Crippen LogP contribution in [0.4, 0.5) is 5.69 Å². The number of aliphatic imine (C=N–C) groups is 1. The van der Waals surface area contributed by atoms with Crippen molar-refractivity contribution < 1.29 is 4.42 Å². The molecule has 0 aliphatic heterocycles. The van der Waals surface area contributed by atoms with Gasteiger partial charge in [0.15, 0.2) is 0 Å². The second-order valence-electron chi connectivity index (χ2n) is 5.60. The first-order valence-electron chi connectivity index (χ1n) is 8.07. The van der Waals surface area contributed by atoms with Gasteiger partial charge < -0.3 is 4.42 Å². The van der Waals surface area contributed by atoms with Crippen LogP contribution in [-0.2, 0) is 0 Å². The maximum absolute atomic E-state index is 6.13. The standard InChI is InChI=1S/C21H14ClN3O/c22-19-9-5-4-8-17(19)14-23-18-12-10-16(11-13-18)21-25-24-20(26-21)15-6-2-1-3-7-15/h1-14H. The Hall–Kier alpha value is -3.24. The predicted octanol–water partition coefficient (Wildman–Crippen LogP) is 5.81. The molecule has 4 nitrogen and oxygen atoms in total. The molecule has 1 heterocycles. The topological polar surface area (TPSA) is 51.3 Å². The number of aromatic nitrogens is 2. The zero-order valence-corrected chi connectivity index (χ0v) is 14.5. The average molecular weight is 360 g/mol. The third-order valence-electron chi connectivity index (χ3n) is 3.82. The number of benzene rings is 3. The molecule has 0 aliphatic carbocycles. The Bertz CT molecular complexity index is 1040. The Morgan fingerprint density at radius 2 is 1.35 bits per heavy atom. The Kier molecular flexibility index (Phi) is 4.58. The lowest BCUT2D eigenvalue weighted by Gasteiger charge is -1.98. The molecule has 0 N–H and O–H groups in total. The average Bonchev–Trinajstić information content (AvgIpc) is 3.19. The summed E-state index contributed by atoms with van der Waals surface area (Å²) in [7, 11) is 0. The number of nitrogens with zero attached hydrogens (tertiary/aromatic N) is 3. The van der Waals surface area contributed by atoms with Crippen molar-refractivity contribution in [3.05, 3.63) is 89.4 Å². The molecule has 0 fully saturated rings. The van der Waals surface area contributed by atoms with E-state index < -0.39 is 0 Å². The number of hydrogen-bond donors (Lipinski definition) is 0. The third kappa shape index (κ3) is 3.55. The molecule has 0 bridgehead atoms. The van der Waals surface area contributed by atoms with Crippen LogP contribution in [-0.4, -0.2) is 16.4 Å². The molecular weight excluding hydrogens is 346 g/mol. The van der Waals surface area contributed by atoms with Crippen LogP contribution in [0.1, 0.15) is 5.56 Å². The molecule has 126 valence electrons. The van der Waals surface area contributed by atoms with E-state index in [4.69, 9.17) is 16.0 Å². The van der Waals surface area contributed by atoms with Gasteiger partial charge in [-0.25, -0.2) is 0 Å². The fraction of sp³-hybridized carbons (Fsp3) is 0. The van der Waals surface area contributed by atoms with Gasteiger partial charge in [0.1, 0.15) is 0 Å². The second-order valence-corrected chi connectivity index (χ2v) is 6.01. The first kappa shape index (κ1) is 16.2. The summed E-state index contributed by atoms with van der Waals surface area (Å²) in [4.78, 5) is 4.45. The van der Waals surface area contributed by atoms with Crippen LogP contribution in [0, 0.1) is 0 Å². The van der Waals surface area contributed by atoms with Gasteiger partial charge in [-0.2, -0.15) is 0 Å². The normalized spacial score (nSPS) is 11.1. The SMILES string of the molecule is Clc1ccccc1C=Nc1ccc(-c2nnc(-c3ccccc3)o2)cc1. The molecule has 4 aromatic rings. The van der Waals surface area contributed by atoms with Gasteiger partial charge in [-0.3, -0.25) is 4.99 Å². The van der Waals surface area contributed by atoms with Crippen LogP contribution in [0.2, 0.25) is 5.02 Å². The Morgan fingerprint density at radius 1 is 0.731 bits per heavy atom. The van der Waals surface area contributed by atoms with Crippen LogP contribution in [0.5, 0.6) is 0 Å². The summed E-state index contributed by atoms with van der Waals surface area (Å²) in [6.45, 7) is 0. The first-order valence-corrected chi connectivity index (χ1v) is 8.45. The first-order chi connectivity index (χ1) is 12.8. The van der Waals surface area contributed by atoms with E-state index in [9.17, 15) is 0 Å². The summed E-state index contributed by atoms with van der Waals surface area (Å²) in [6, 6.07) is 24.9. The monoisotopic (exact) mass is 359 g/mol. The molecule has 0 saturated heterocycles. The smallest absolute Gasteiger partial charge is 0.248 e. The van der Waals surface area contributed by atoms with Crippen LogP contribution in [0.25, 0.3) is 22.9 Å². The molecule has 3 aromatic carbocycles. The summed E-state index contributed by atoms with van der Waals surface area (Å²) in [5.74, 6) is 0.979. The van der Waals surface area contributed by atoms with Crippen molar-refractivity contribution in [3.8, 4) is 22.9 Å². The minimum absolute atomic E-state index is 0.477. The van der Waals surface area contributed by atoms with E-state index in [2.05, 4.69) is 15.2 Å². The number of halogens is 1. The van der Waals surface area contributed by atoms with Crippen molar-refractivity contribution in [2.45, 2.75) is 0 Å². The van der Waals surface area contributed by atoms with E-state index in [1.165, 1.54) is 0 Å². The molecule has 26 heavy (non-hydrogen) atoms. The highest BCUT2D eigenvalue weighted by atomic mass is 35.5. The van der Waals surface area contributed by atoms with Crippen molar-refractivity contribution in [1.82, 2.24) is 10.2 Å². The molecule has 1 aromatic heterocycles. The molecular formula is C21H14ClN3O. The van der Waals surface area contributed by atoms with Crippen molar-refractivity contribution >= 4 is 23.5 Å². The van der Waals surface area contributed by atoms with Crippen LogP contribution in [0.3, 0.4) is 0 Å². The lowest BCUT2D eigenvalue weighted by Crippen LogP contribution is -1.81. The van der Waals surface area contributed by atoms with Crippen molar-refractivity contribution in [1.29, 1.82) is 0 Å².